The first kappa shape index (κ1) is 15.3. The van der Waals surface area contributed by atoms with Crippen molar-refractivity contribution in [2.45, 2.75) is 6.92 Å². The van der Waals surface area contributed by atoms with Crippen LogP contribution < -0.4 is 5.32 Å². The number of amides is 1. The Kier molecular flexibility index (Phi) is 5.17. The van der Waals surface area contributed by atoms with E-state index in [2.05, 4.69) is 5.32 Å². The Labute approximate surface area is 112 Å². The lowest BCUT2D eigenvalue weighted by molar-refractivity contribution is -0.387. The molecule has 1 atom stereocenters. The Morgan fingerprint density at radius 3 is 2.68 bits per heavy atom. The molecule has 1 rings (SSSR count). The zero-order chi connectivity index (χ0) is 14.6. The predicted octanol–water partition coefficient (Wildman–Crippen LogP) is 2.48. The van der Waals surface area contributed by atoms with E-state index in [0.717, 1.165) is 0 Å². The monoisotopic (exact) mass is 292 g/mol. The second kappa shape index (κ2) is 6.42. The highest BCUT2D eigenvalue weighted by Crippen LogP contribution is 2.22. The van der Waals surface area contributed by atoms with Gasteiger partial charge in [0, 0.05) is 12.4 Å². The molecular weight excluding hydrogens is 282 g/mol. The van der Waals surface area contributed by atoms with Crippen LogP contribution in [0.15, 0.2) is 12.1 Å². The van der Waals surface area contributed by atoms with Crippen LogP contribution >= 0.6 is 11.6 Å². The van der Waals surface area contributed by atoms with Crippen molar-refractivity contribution in [2.24, 2.45) is 5.92 Å². The van der Waals surface area contributed by atoms with E-state index in [0.29, 0.717) is 12.1 Å². The van der Waals surface area contributed by atoms with Crippen LogP contribution in [0.1, 0.15) is 17.3 Å². The summed E-state index contributed by atoms with van der Waals surface area (Å²) in [6.07, 6.45) is 0. The third-order valence-electron chi connectivity index (χ3n) is 2.33. The Hall–Kier alpha value is -1.76. The fourth-order valence-corrected chi connectivity index (χ4v) is 1.40. The SMILES string of the molecule is CC(CCl)CNC(=O)c1cc(F)cc([N+](=O)[O-])c1F. The van der Waals surface area contributed by atoms with E-state index in [4.69, 9.17) is 11.6 Å². The lowest BCUT2D eigenvalue weighted by Gasteiger charge is -2.10. The normalized spacial score (nSPS) is 12.0. The van der Waals surface area contributed by atoms with E-state index in [1.54, 1.807) is 6.92 Å². The van der Waals surface area contributed by atoms with Crippen molar-refractivity contribution in [3.8, 4) is 0 Å². The fraction of sp³-hybridized carbons (Fsp3) is 0.364. The van der Waals surface area contributed by atoms with Gasteiger partial charge in [-0.05, 0) is 12.0 Å². The number of halogens is 3. The molecule has 5 nitrogen and oxygen atoms in total. The van der Waals surface area contributed by atoms with E-state index >= 15 is 0 Å². The molecule has 0 radical (unpaired) electrons. The fourth-order valence-electron chi connectivity index (χ4n) is 1.29. The first-order valence-electron chi connectivity index (χ1n) is 5.34. The summed E-state index contributed by atoms with van der Waals surface area (Å²) < 4.78 is 26.8. The highest BCUT2D eigenvalue weighted by Gasteiger charge is 2.24. The minimum Gasteiger partial charge on any atom is -0.352 e. The minimum atomic E-state index is -1.36. The molecule has 0 aromatic heterocycles. The molecule has 1 aromatic carbocycles. The van der Waals surface area contributed by atoms with E-state index in [1.807, 2.05) is 0 Å². The first-order valence-corrected chi connectivity index (χ1v) is 5.87. The van der Waals surface area contributed by atoms with Gasteiger partial charge in [-0.25, -0.2) is 4.39 Å². The number of carbonyl (C=O) groups excluding carboxylic acids is 1. The van der Waals surface area contributed by atoms with Crippen LogP contribution in [0.25, 0.3) is 0 Å². The zero-order valence-electron chi connectivity index (χ0n) is 9.95. The minimum absolute atomic E-state index is 0.0581. The molecule has 1 unspecified atom stereocenters. The van der Waals surface area contributed by atoms with Gasteiger partial charge in [0.05, 0.1) is 16.6 Å². The van der Waals surface area contributed by atoms with E-state index in [9.17, 15) is 23.7 Å². The van der Waals surface area contributed by atoms with Gasteiger partial charge in [-0.2, -0.15) is 4.39 Å². The molecule has 0 heterocycles. The number of hydrogen-bond donors (Lipinski definition) is 1. The van der Waals surface area contributed by atoms with Gasteiger partial charge in [0.2, 0.25) is 5.82 Å². The molecule has 0 aliphatic heterocycles. The number of alkyl halides is 1. The van der Waals surface area contributed by atoms with Gasteiger partial charge in [-0.1, -0.05) is 6.92 Å². The van der Waals surface area contributed by atoms with Crippen LogP contribution in [0.4, 0.5) is 14.5 Å². The van der Waals surface area contributed by atoms with Crippen molar-refractivity contribution in [3.63, 3.8) is 0 Å². The maximum Gasteiger partial charge on any atom is 0.308 e. The Morgan fingerprint density at radius 1 is 1.53 bits per heavy atom. The number of nitro benzene ring substituents is 1. The van der Waals surface area contributed by atoms with Gasteiger partial charge >= 0.3 is 5.69 Å². The molecule has 0 aliphatic rings. The molecule has 8 heteroatoms. The van der Waals surface area contributed by atoms with Gasteiger partial charge < -0.3 is 5.32 Å². The van der Waals surface area contributed by atoms with E-state index in [-0.39, 0.29) is 18.3 Å². The summed E-state index contributed by atoms with van der Waals surface area (Å²) in [4.78, 5) is 21.1. The van der Waals surface area contributed by atoms with Crippen molar-refractivity contribution in [3.05, 3.63) is 39.4 Å². The smallest absolute Gasteiger partial charge is 0.308 e. The summed E-state index contributed by atoms with van der Waals surface area (Å²) in [5.41, 5.74) is -1.77. The van der Waals surface area contributed by atoms with E-state index < -0.39 is 33.7 Å². The molecule has 0 aliphatic carbocycles. The van der Waals surface area contributed by atoms with Crippen LogP contribution in [0.5, 0.6) is 0 Å². The number of hydrogen-bond acceptors (Lipinski definition) is 3. The summed E-state index contributed by atoms with van der Waals surface area (Å²) in [5, 5.41) is 12.8. The summed E-state index contributed by atoms with van der Waals surface area (Å²) >= 11 is 5.53. The van der Waals surface area contributed by atoms with Gasteiger partial charge in [-0.3, -0.25) is 14.9 Å². The molecular formula is C11H11ClF2N2O3. The van der Waals surface area contributed by atoms with Gasteiger partial charge in [0.15, 0.2) is 0 Å². The third kappa shape index (κ3) is 3.85. The van der Waals surface area contributed by atoms with Crippen LogP contribution in [0, 0.1) is 27.7 Å². The van der Waals surface area contributed by atoms with Gasteiger partial charge in [-0.15, -0.1) is 11.6 Å². The number of nitrogens with one attached hydrogen (secondary N) is 1. The molecule has 104 valence electrons. The molecule has 0 fully saturated rings. The summed E-state index contributed by atoms with van der Waals surface area (Å²) in [6, 6.07) is 1.04. The van der Waals surface area contributed by atoms with Crippen LogP contribution in [-0.4, -0.2) is 23.3 Å². The van der Waals surface area contributed by atoms with Crippen molar-refractivity contribution < 1.29 is 18.5 Å². The number of nitrogens with zero attached hydrogens (tertiary/aromatic N) is 1. The quantitative estimate of drug-likeness (QED) is 0.515. The molecule has 0 bridgehead atoms. The first-order chi connectivity index (χ1) is 8.86. The molecule has 1 amide bonds. The Bertz CT molecular complexity index is 511. The van der Waals surface area contributed by atoms with Crippen LogP contribution in [-0.2, 0) is 0 Å². The number of nitro groups is 1. The second-order valence-electron chi connectivity index (χ2n) is 4.01. The second-order valence-corrected chi connectivity index (χ2v) is 4.32. The number of benzene rings is 1. The average molecular weight is 293 g/mol. The highest BCUT2D eigenvalue weighted by atomic mass is 35.5. The van der Waals surface area contributed by atoms with Crippen LogP contribution in [0.2, 0.25) is 0 Å². The largest absolute Gasteiger partial charge is 0.352 e. The molecule has 1 N–H and O–H groups in total. The van der Waals surface area contributed by atoms with E-state index in [1.165, 1.54) is 0 Å². The molecule has 0 saturated carbocycles. The van der Waals surface area contributed by atoms with Crippen LogP contribution in [0.3, 0.4) is 0 Å². The zero-order valence-corrected chi connectivity index (χ0v) is 10.7. The number of carbonyl (C=O) groups is 1. The third-order valence-corrected chi connectivity index (χ3v) is 2.86. The molecule has 0 spiro atoms. The maximum atomic E-state index is 13.7. The average Bonchev–Trinajstić information content (AvgIpc) is 2.37. The summed E-state index contributed by atoms with van der Waals surface area (Å²) in [6.45, 7) is 1.91. The van der Waals surface area contributed by atoms with Crippen molar-refractivity contribution >= 4 is 23.2 Å². The predicted molar refractivity (Wildman–Crippen MR) is 65.2 cm³/mol. The van der Waals surface area contributed by atoms with Crippen molar-refractivity contribution in [2.75, 3.05) is 12.4 Å². The molecule has 19 heavy (non-hydrogen) atoms. The summed E-state index contributed by atoms with van der Waals surface area (Å²) in [7, 11) is 0. The van der Waals surface area contributed by atoms with Gasteiger partial charge in [0.25, 0.3) is 5.91 Å². The standard InChI is InChI=1S/C11H11ClF2N2O3/c1-6(4-12)5-15-11(17)8-2-7(13)3-9(10(8)14)16(18)19/h2-3,6H,4-5H2,1H3,(H,15,17). The Morgan fingerprint density at radius 2 is 2.16 bits per heavy atom. The topological polar surface area (TPSA) is 72.2 Å². The molecule has 0 saturated heterocycles. The lowest BCUT2D eigenvalue weighted by atomic mass is 10.1. The van der Waals surface area contributed by atoms with Crippen molar-refractivity contribution in [1.29, 1.82) is 0 Å². The maximum absolute atomic E-state index is 13.7. The van der Waals surface area contributed by atoms with Crippen molar-refractivity contribution in [1.82, 2.24) is 5.32 Å². The van der Waals surface area contributed by atoms with Gasteiger partial charge in [0.1, 0.15) is 5.82 Å². The lowest BCUT2D eigenvalue weighted by Crippen LogP contribution is -2.29. The highest BCUT2D eigenvalue weighted by molar-refractivity contribution is 6.18. The summed E-state index contributed by atoms with van der Waals surface area (Å²) in [5.74, 6) is -3.10. The molecule has 1 aromatic rings. The Balaban J connectivity index is 3.00. The number of rotatable bonds is 5.